The van der Waals surface area contributed by atoms with Crippen molar-refractivity contribution >= 4 is 17.2 Å². The molecular formula is C11H17N3OS. The first-order valence-corrected chi connectivity index (χ1v) is 6.53. The van der Waals surface area contributed by atoms with Gasteiger partial charge >= 0.3 is 0 Å². The van der Waals surface area contributed by atoms with E-state index in [0.29, 0.717) is 11.9 Å². The van der Waals surface area contributed by atoms with Gasteiger partial charge in [-0.15, -0.1) is 11.3 Å². The number of nitrogens with one attached hydrogen (secondary N) is 1. The minimum Gasteiger partial charge on any atom is -0.341 e. The lowest BCUT2D eigenvalue weighted by atomic mass is 10.3. The van der Waals surface area contributed by atoms with E-state index in [1.165, 1.54) is 0 Å². The number of hydrogen-bond acceptors (Lipinski definition) is 4. The van der Waals surface area contributed by atoms with Gasteiger partial charge in [-0.05, 0) is 13.3 Å². The van der Waals surface area contributed by atoms with E-state index in [0.717, 1.165) is 37.5 Å². The Labute approximate surface area is 99.7 Å². The molecule has 1 fully saturated rings. The topological polar surface area (TPSA) is 45.2 Å². The highest BCUT2D eigenvalue weighted by atomic mass is 32.1. The van der Waals surface area contributed by atoms with Gasteiger partial charge < -0.3 is 10.2 Å². The molecule has 1 N–H and O–H groups in total. The van der Waals surface area contributed by atoms with Gasteiger partial charge in [-0.3, -0.25) is 4.79 Å². The Kier molecular flexibility index (Phi) is 3.90. The van der Waals surface area contributed by atoms with Crippen LogP contribution in [0.4, 0.5) is 0 Å². The van der Waals surface area contributed by atoms with Crippen LogP contribution in [0.5, 0.6) is 0 Å². The molecule has 1 atom stereocenters. The van der Waals surface area contributed by atoms with Crippen molar-refractivity contribution in [3.05, 3.63) is 16.6 Å². The second-order valence-corrected chi connectivity index (χ2v) is 5.13. The number of rotatable bonds is 5. The average Bonchev–Trinajstić information content (AvgIpc) is 2.88. The number of aromatic nitrogens is 1. The Bertz CT molecular complexity index is 339. The molecule has 4 nitrogen and oxygen atoms in total. The van der Waals surface area contributed by atoms with Gasteiger partial charge in [0, 0.05) is 43.7 Å². The Morgan fingerprint density at radius 3 is 3.19 bits per heavy atom. The number of amides is 1. The minimum absolute atomic E-state index is 0.294. The summed E-state index contributed by atoms with van der Waals surface area (Å²) in [4.78, 5) is 17.6. The molecule has 1 aromatic heterocycles. The van der Waals surface area contributed by atoms with E-state index in [2.05, 4.69) is 17.2 Å². The van der Waals surface area contributed by atoms with Gasteiger partial charge in [0.15, 0.2) is 0 Å². The second kappa shape index (κ2) is 5.41. The molecule has 0 radical (unpaired) electrons. The lowest BCUT2D eigenvalue weighted by Gasteiger charge is -2.21. The number of thiazole rings is 1. The van der Waals surface area contributed by atoms with Crippen LogP contribution in [0.15, 0.2) is 11.6 Å². The smallest absolute Gasteiger partial charge is 0.222 e. The predicted molar refractivity (Wildman–Crippen MR) is 64.2 cm³/mol. The van der Waals surface area contributed by atoms with E-state index in [9.17, 15) is 4.79 Å². The molecule has 1 aromatic rings. The lowest BCUT2D eigenvalue weighted by molar-refractivity contribution is -0.127. The molecule has 0 spiro atoms. The normalized spacial score (nSPS) is 18.1. The van der Waals surface area contributed by atoms with Gasteiger partial charge in [0.05, 0.1) is 0 Å². The van der Waals surface area contributed by atoms with Crippen LogP contribution in [0.3, 0.4) is 0 Å². The molecule has 0 bridgehead atoms. The van der Waals surface area contributed by atoms with Crippen molar-refractivity contribution in [2.75, 3.05) is 13.1 Å². The molecule has 88 valence electrons. The Hall–Kier alpha value is -0.940. The summed E-state index contributed by atoms with van der Waals surface area (Å²) in [6.07, 6.45) is 3.55. The fraction of sp³-hybridized carbons (Fsp3) is 0.636. The quantitative estimate of drug-likeness (QED) is 0.841. The van der Waals surface area contributed by atoms with Crippen LogP contribution < -0.4 is 5.32 Å². The van der Waals surface area contributed by atoms with Crippen LogP contribution in [-0.4, -0.2) is 34.9 Å². The molecule has 1 aliphatic heterocycles. The van der Waals surface area contributed by atoms with Gasteiger partial charge in [-0.2, -0.15) is 0 Å². The maximum Gasteiger partial charge on any atom is 0.222 e. The third-order valence-corrected chi connectivity index (χ3v) is 3.53. The fourth-order valence-corrected chi connectivity index (χ4v) is 2.46. The Morgan fingerprint density at radius 1 is 1.69 bits per heavy atom. The van der Waals surface area contributed by atoms with Crippen molar-refractivity contribution < 1.29 is 4.79 Å². The van der Waals surface area contributed by atoms with Gasteiger partial charge in [-0.25, -0.2) is 4.98 Å². The van der Waals surface area contributed by atoms with Crippen LogP contribution in [0, 0.1) is 0 Å². The summed E-state index contributed by atoms with van der Waals surface area (Å²) in [6, 6.07) is 0.325. The van der Waals surface area contributed by atoms with Gasteiger partial charge in [0.25, 0.3) is 0 Å². The highest BCUT2D eigenvalue weighted by Gasteiger charge is 2.21. The molecule has 1 aliphatic rings. The number of carbonyl (C=O) groups is 1. The van der Waals surface area contributed by atoms with Gasteiger partial charge in [0.1, 0.15) is 5.01 Å². The maximum atomic E-state index is 11.4. The van der Waals surface area contributed by atoms with Crippen molar-refractivity contribution in [1.82, 2.24) is 15.2 Å². The van der Waals surface area contributed by atoms with E-state index in [1.807, 2.05) is 16.5 Å². The summed E-state index contributed by atoms with van der Waals surface area (Å²) in [6.45, 7) is 4.63. The number of hydrogen-bond donors (Lipinski definition) is 1. The van der Waals surface area contributed by atoms with Crippen LogP contribution >= 0.6 is 11.3 Å². The fourth-order valence-electron chi connectivity index (χ4n) is 1.89. The highest BCUT2D eigenvalue weighted by Crippen LogP contribution is 2.10. The van der Waals surface area contributed by atoms with E-state index < -0.39 is 0 Å². The van der Waals surface area contributed by atoms with Crippen molar-refractivity contribution in [3.8, 4) is 0 Å². The summed E-state index contributed by atoms with van der Waals surface area (Å²) >= 11 is 1.65. The molecule has 1 saturated heterocycles. The zero-order chi connectivity index (χ0) is 11.4. The summed E-state index contributed by atoms with van der Waals surface area (Å²) < 4.78 is 0. The number of carbonyl (C=O) groups excluding carboxylic acids is 1. The highest BCUT2D eigenvalue weighted by molar-refractivity contribution is 7.09. The maximum absolute atomic E-state index is 11.4. The lowest BCUT2D eigenvalue weighted by Crippen LogP contribution is -2.39. The monoisotopic (exact) mass is 239 g/mol. The minimum atomic E-state index is 0.294. The van der Waals surface area contributed by atoms with E-state index in [1.54, 1.807) is 11.3 Å². The van der Waals surface area contributed by atoms with Crippen LogP contribution in [0.2, 0.25) is 0 Å². The Balaban J connectivity index is 1.72. The number of likely N-dealkylation sites (tertiary alicyclic amines) is 1. The molecule has 0 aromatic carbocycles. The van der Waals surface area contributed by atoms with Crippen LogP contribution in [-0.2, 0) is 11.3 Å². The molecule has 1 amide bonds. The molecule has 2 rings (SSSR count). The molecule has 1 unspecified atom stereocenters. The first-order valence-electron chi connectivity index (χ1n) is 5.65. The third-order valence-electron chi connectivity index (χ3n) is 2.75. The van der Waals surface area contributed by atoms with Crippen molar-refractivity contribution in [2.24, 2.45) is 0 Å². The largest absolute Gasteiger partial charge is 0.341 e. The SMILES string of the molecule is CC(CN1CCCC1=O)NCc1nccs1. The molecule has 5 heteroatoms. The molecule has 0 aliphatic carbocycles. The van der Waals surface area contributed by atoms with Gasteiger partial charge in [-0.1, -0.05) is 0 Å². The van der Waals surface area contributed by atoms with Crippen molar-refractivity contribution in [2.45, 2.75) is 32.4 Å². The van der Waals surface area contributed by atoms with E-state index in [4.69, 9.17) is 0 Å². The average molecular weight is 239 g/mol. The first kappa shape index (κ1) is 11.5. The summed E-state index contributed by atoms with van der Waals surface area (Å²) in [5, 5.41) is 6.46. The van der Waals surface area contributed by atoms with Crippen LogP contribution in [0.1, 0.15) is 24.8 Å². The predicted octanol–water partition coefficient (Wildman–Crippen LogP) is 1.24. The molecule has 2 heterocycles. The van der Waals surface area contributed by atoms with Crippen LogP contribution in [0.25, 0.3) is 0 Å². The first-order chi connectivity index (χ1) is 7.75. The summed E-state index contributed by atoms with van der Waals surface area (Å²) in [5.41, 5.74) is 0. The summed E-state index contributed by atoms with van der Waals surface area (Å²) in [5.74, 6) is 0.294. The second-order valence-electron chi connectivity index (χ2n) is 4.15. The van der Waals surface area contributed by atoms with Gasteiger partial charge in [0.2, 0.25) is 5.91 Å². The summed E-state index contributed by atoms with van der Waals surface area (Å²) in [7, 11) is 0. The Morgan fingerprint density at radius 2 is 2.56 bits per heavy atom. The van der Waals surface area contributed by atoms with E-state index in [-0.39, 0.29) is 0 Å². The molecule has 0 saturated carbocycles. The zero-order valence-corrected chi connectivity index (χ0v) is 10.3. The molecule has 16 heavy (non-hydrogen) atoms. The van der Waals surface area contributed by atoms with E-state index >= 15 is 0 Å². The third kappa shape index (κ3) is 3.02. The standard InChI is InChI=1S/C11H17N3OS/c1-9(8-14-5-2-3-11(14)15)13-7-10-12-4-6-16-10/h4,6,9,13H,2-3,5,7-8H2,1H3. The van der Waals surface area contributed by atoms with Crippen molar-refractivity contribution in [3.63, 3.8) is 0 Å². The van der Waals surface area contributed by atoms with Crippen molar-refractivity contribution in [1.29, 1.82) is 0 Å². The molecular weight excluding hydrogens is 222 g/mol. The zero-order valence-electron chi connectivity index (χ0n) is 9.48. The number of nitrogens with zero attached hydrogens (tertiary/aromatic N) is 2.